The van der Waals surface area contributed by atoms with Crippen molar-refractivity contribution in [3.05, 3.63) is 57.6 Å². The highest BCUT2D eigenvalue weighted by Gasteiger charge is 2.12. The second-order valence-corrected chi connectivity index (χ2v) is 6.21. The van der Waals surface area contributed by atoms with Gasteiger partial charge in [-0.1, -0.05) is 48.0 Å². The van der Waals surface area contributed by atoms with Crippen LogP contribution in [0.25, 0.3) is 0 Å². The summed E-state index contributed by atoms with van der Waals surface area (Å²) in [6, 6.07) is 11.1. The number of nitrogens with one attached hydrogen (secondary N) is 1. The number of rotatable bonds is 7. The summed E-state index contributed by atoms with van der Waals surface area (Å²) < 4.78 is 6.28. The molecule has 0 heterocycles. The van der Waals surface area contributed by atoms with E-state index in [9.17, 15) is 9.59 Å². The molecule has 0 saturated carbocycles. The molecule has 2 rings (SSSR count). The van der Waals surface area contributed by atoms with E-state index in [1.807, 2.05) is 18.2 Å². The maximum absolute atomic E-state index is 12.3. The van der Waals surface area contributed by atoms with Crippen LogP contribution in [0.1, 0.15) is 35.3 Å². The minimum atomic E-state index is -0.245. The van der Waals surface area contributed by atoms with Crippen molar-refractivity contribution >= 4 is 33.8 Å². The third-order valence-corrected chi connectivity index (χ3v) is 4.21. The highest BCUT2D eigenvalue weighted by atomic mass is 79.9. The van der Waals surface area contributed by atoms with Gasteiger partial charge < -0.3 is 10.1 Å². The predicted molar refractivity (Wildman–Crippen MR) is 98.9 cm³/mol. The smallest absolute Gasteiger partial charge is 0.262 e. The summed E-state index contributed by atoms with van der Waals surface area (Å²) >= 11 is 3.30. The molecule has 1 N–H and O–H groups in total. The van der Waals surface area contributed by atoms with Gasteiger partial charge >= 0.3 is 0 Å². The van der Waals surface area contributed by atoms with E-state index >= 15 is 0 Å². The van der Waals surface area contributed by atoms with Gasteiger partial charge in [-0.15, -0.1) is 0 Å². The van der Waals surface area contributed by atoms with E-state index in [0.717, 1.165) is 34.1 Å². The van der Waals surface area contributed by atoms with Crippen LogP contribution in [0.2, 0.25) is 0 Å². The number of aldehydes is 1. The van der Waals surface area contributed by atoms with Gasteiger partial charge in [-0.2, -0.15) is 0 Å². The van der Waals surface area contributed by atoms with Gasteiger partial charge in [-0.3, -0.25) is 9.59 Å². The van der Waals surface area contributed by atoms with Crippen molar-refractivity contribution < 1.29 is 14.3 Å². The van der Waals surface area contributed by atoms with Gasteiger partial charge in [0, 0.05) is 10.2 Å². The fraction of sp³-hybridized carbons (Fsp3) is 0.263. The Bertz CT molecular complexity index is 721. The first-order valence-corrected chi connectivity index (χ1v) is 8.66. The monoisotopic (exact) mass is 389 g/mol. The topological polar surface area (TPSA) is 55.4 Å². The van der Waals surface area contributed by atoms with Crippen molar-refractivity contribution in [1.29, 1.82) is 0 Å². The number of anilines is 1. The fourth-order valence-electron chi connectivity index (χ4n) is 2.46. The summed E-state index contributed by atoms with van der Waals surface area (Å²) in [5, 5.41) is 2.94. The molecule has 0 fully saturated rings. The van der Waals surface area contributed by atoms with Gasteiger partial charge in [0.2, 0.25) is 0 Å². The summed E-state index contributed by atoms with van der Waals surface area (Å²) in [7, 11) is 0. The Morgan fingerprint density at radius 2 is 1.83 bits per heavy atom. The minimum absolute atomic E-state index is 0.149. The number of aryl methyl sites for hydroxylation is 2. The Balaban J connectivity index is 2.08. The van der Waals surface area contributed by atoms with Crippen LogP contribution in [0.15, 0.2) is 40.9 Å². The van der Waals surface area contributed by atoms with Crippen LogP contribution >= 0.6 is 15.9 Å². The second kappa shape index (κ2) is 8.64. The van der Waals surface area contributed by atoms with Crippen molar-refractivity contribution in [3.63, 3.8) is 0 Å². The number of carbonyl (C=O) groups excluding carboxylic acids is 2. The highest BCUT2D eigenvalue weighted by molar-refractivity contribution is 9.10. The summed E-state index contributed by atoms with van der Waals surface area (Å²) in [4.78, 5) is 23.3. The average molecular weight is 390 g/mol. The van der Waals surface area contributed by atoms with Crippen LogP contribution in [0.5, 0.6) is 5.75 Å². The zero-order chi connectivity index (χ0) is 17.5. The van der Waals surface area contributed by atoms with Gasteiger partial charge in [-0.05, 0) is 42.2 Å². The molecule has 2 aromatic rings. The van der Waals surface area contributed by atoms with Crippen LogP contribution in [-0.2, 0) is 17.6 Å². The molecule has 5 heteroatoms. The van der Waals surface area contributed by atoms with E-state index < -0.39 is 0 Å². The van der Waals surface area contributed by atoms with Crippen LogP contribution in [0.3, 0.4) is 0 Å². The zero-order valence-corrected chi connectivity index (χ0v) is 15.4. The molecular weight excluding hydrogens is 370 g/mol. The molecule has 0 atom stereocenters. The van der Waals surface area contributed by atoms with E-state index in [-0.39, 0.29) is 12.5 Å². The van der Waals surface area contributed by atoms with Crippen LogP contribution < -0.4 is 10.1 Å². The molecule has 0 bridgehead atoms. The van der Waals surface area contributed by atoms with Gasteiger partial charge in [-0.25, -0.2) is 0 Å². The Morgan fingerprint density at radius 3 is 2.42 bits per heavy atom. The normalized spacial score (nSPS) is 10.3. The molecule has 0 aromatic heterocycles. The Morgan fingerprint density at radius 1 is 1.17 bits per heavy atom. The summed E-state index contributed by atoms with van der Waals surface area (Å²) in [5.74, 6) is 0.146. The molecule has 0 radical (unpaired) electrons. The third-order valence-electron chi connectivity index (χ3n) is 3.72. The minimum Gasteiger partial charge on any atom is -0.483 e. The summed E-state index contributed by atoms with van der Waals surface area (Å²) in [5.41, 5.74) is 3.46. The third kappa shape index (κ3) is 4.45. The molecule has 0 aliphatic rings. The lowest BCUT2D eigenvalue weighted by Crippen LogP contribution is -2.22. The van der Waals surface area contributed by atoms with Crippen molar-refractivity contribution in [3.8, 4) is 5.75 Å². The van der Waals surface area contributed by atoms with Crippen molar-refractivity contribution in [2.24, 2.45) is 0 Å². The number of amides is 1. The number of hydrogen-bond donors (Lipinski definition) is 1. The largest absolute Gasteiger partial charge is 0.483 e. The molecule has 0 unspecified atom stereocenters. The van der Waals surface area contributed by atoms with E-state index in [2.05, 4.69) is 35.1 Å². The molecule has 2 aromatic carbocycles. The summed E-state index contributed by atoms with van der Waals surface area (Å²) in [6.07, 6.45) is 2.39. The number of halogens is 1. The maximum Gasteiger partial charge on any atom is 0.262 e. The predicted octanol–water partition coefficient (Wildman–Crippen LogP) is 4.40. The zero-order valence-electron chi connectivity index (χ0n) is 13.8. The van der Waals surface area contributed by atoms with Crippen LogP contribution in [0, 0.1) is 0 Å². The number of ether oxygens (including phenoxy) is 1. The standard InChI is InChI=1S/C19H20BrNO3/c1-3-13-6-5-7-14(4-2)19(13)21-18(23)12-24-17-9-8-16(20)10-15(17)11-22/h5-11H,3-4,12H2,1-2H3,(H,21,23). The molecule has 0 aliphatic carbocycles. The van der Waals surface area contributed by atoms with Crippen molar-refractivity contribution in [2.75, 3.05) is 11.9 Å². The van der Waals surface area contributed by atoms with E-state index in [4.69, 9.17) is 4.74 Å². The number of para-hydroxylation sites is 1. The SMILES string of the molecule is CCc1cccc(CC)c1NC(=O)COc1ccc(Br)cc1C=O. The first kappa shape index (κ1) is 18.2. The molecule has 4 nitrogen and oxygen atoms in total. The van der Waals surface area contributed by atoms with Gasteiger partial charge in [0.25, 0.3) is 5.91 Å². The van der Waals surface area contributed by atoms with Crippen LogP contribution in [0.4, 0.5) is 5.69 Å². The van der Waals surface area contributed by atoms with E-state index in [1.54, 1.807) is 18.2 Å². The van der Waals surface area contributed by atoms with E-state index in [0.29, 0.717) is 17.6 Å². The quantitative estimate of drug-likeness (QED) is 0.713. The lowest BCUT2D eigenvalue weighted by molar-refractivity contribution is -0.118. The average Bonchev–Trinajstić information content (AvgIpc) is 2.60. The Hall–Kier alpha value is -2.14. The lowest BCUT2D eigenvalue weighted by atomic mass is 10.0. The molecule has 0 spiro atoms. The molecule has 126 valence electrons. The fourth-order valence-corrected chi connectivity index (χ4v) is 2.84. The van der Waals surface area contributed by atoms with Gasteiger partial charge in [0.1, 0.15) is 5.75 Å². The molecular formula is C19H20BrNO3. The molecule has 0 saturated heterocycles. The first-order chi connectivity index (χ1) is 11.6. The highest BCUT2D eigenvalue weighted by Crippen LogP contribution is 2.24. The number of hydrogen-bond acceptors (Lipinski definition) is 3. The van der Waals surface area contributed by atoms with E-state index in [1.165, 1.54) is 0 Å². The number of benzene rings is 2. The van der Waals surface area contributed by atoms with Crippen molar-refractivity contribution in [1.82, 2.24) is 0 Å². The first-order valence-electron chi connectivity index (χ1n) is 7.87. The van der Waals surface area contributed by atoms with Crippen molar-refractivity contribution in [2.45, 2.75) is 26.7 Å². The lowest BCUT2D eigenvalue weighted by Gasteiger charge is -2.15. The van der Waals surface area contributed by atoms with Gasteiger partial charge in [0.15, 0.2) is 12.9 Å². The number of carbonyl (C=O) groups is 2. The van der Waals surface area contributed by atoms with Crippen LogP contribution in [-0.4, -0.2) is 18.8 Å². The molecule has 24 heavy (non-hydrogen) atoms. The van der Waals surface area contributed by atoms with Gasteiger partial charge in [0.05, 0.1) is 5.56 Å². The Labute approximate surface area is 150 Å². The maximum atomic E-state index is 12.3. The summed E-state index contributed by atoms with van der Waals surface area (Å²) in [6.45, 7) is 3.96. The Kier molecular flexibility index (Phi) is 6.55. The molecule has 0 aliphatic heterocycles. The molecule has 1 amide bonds. The second-order valence-electron chi connectivity index (χ2n) is 5.30.